The molecule has 1 aliphatic rings. The Morgan fingerprint density at radius 3 is 2.62 bits per heavy atom. The summed E-state index contributed by atoms with van der Waals surface area (Å²) in [6.45, 7) is 2.58. The molecular formula is C15H18FN5. The average molecular weight is 287 g/mol. The standard InChI is InChI=1S/C15H18FN5/c16-12-1-2-13(19-10-12)14-3-6-18-15(20-14)21-7-4-11(9-17)5-8-21/h1-3,6,10-11H,4-5,7-9,17H2. The van der Waals surface area contributed by atoms with Crippen molar-refractivity contribution in [1.29, 1.82) is 0 Å². The Hall–Kier alpha value is -2.08. The van der Waals surface area contributed by atoms with E-state index in [1.807, 2.05) is 0 Å². The second-order valence-corrected chi connectivity index (χ2v) is 5.27. The Labute approximate surface area is 123 Å². The van der Waals surface area contributed by atoms with Gasteiger partial charge in [-0.1, -0.05) is 0 Å². The number of halogens is 1. The largest absolute Gasteiger partial charge is 0.341 e. The summed E-state index contributed by atoms with van der Waals surface area (Å²) in [5.74, 6) is 0.953. The van der Waals surface area contributed by atoms with Crippen LogP contribution in [0.4, 0.5) is 10.3 Å². The van der Waals surface area contributed by atoms with E-state index in [4.69, 9.17) is 5.73 Å². The van der Waals surface area contributed by atoms with Crippen molar-refractivity contribution in [2.24, 2.45) is 11.7 Å². The van der Waals surface area contributed by atoms with Crippen molar-refractivity contribution in [1.82, 2.24) is 15.0 Å². The second-order valence-electron chi connectivity index (χ2n) is 5.27. The van der Waals surface area contributed by atoms with E-state index < -0.39 is 0 Å². The van der Waals surface area contributed by atoms with Crippen molar-refractivity contribution in [2.45, 2.75) is 12.8 Å². The summed E-state index contributed by atoms with van der Waals surface area (Å²) in [6, 6.07) is 4.80. The summed E-state index contributed by atoms with van der Waals surface area (Å²) in [7, 11) is 0. The molecular weight excluding hydrogens is 269 g/mol. The van der Waals surface area contributed by atoms with Crippen LogP contribution >= 0.6 is 0 Å². The van der Waals surface area contributed by atoms with E-state index in [1.165, 1.54) is 12.3 Å². The predicted octanol–water partition coefficient (Wildman–Crippen LogP) is 1.85. The Kier molecular flexibility index (Phi) is 4.06. The van der Waals surface area contributed by atoms with Crippen LogP contribution in [0.3, 0.4) is 0 Å². The van der Waals surface area contributed by atoms with Gasteiger partial charge in [-0.15, -0.1) is 0 Å². The molecule has 3 heterocycles. The highest BCUT2D eigenvalue weighted by atomic mass is 19.1. The van der Waals surface area contributed by atoms with Gasteiger partial charge in [-0.3, -0.25) is 4.98 Å². The summed E-state index contributed by atoms with van der Waals surface area (Å²) in [5, 5.41) is 0. The molecule has 110 valence electrons. The molecule has 1 fully saturated rings. The van der Waals surface area contributed by atoms with Crippen molar-refractivity contribution in [3.8, 4) is 11.4 Å². The number of piperidine rings is 1. The molecule has 0 amide bonds. The molecule has 3 rings (SSSR count). The highest BCUT2D eigenvalue weighted by Crippen LogP contribution is 2.22. The van der Waals surface area contributed by atoms with Crippen LogP contribution in [0.15, 0.2) is 30.6 Å². The molecule has 0 bridgehead atoms. The fourth-order valence-corrected chi connectivity index (χ4v) is 2.54. The van der Waals surface area contributed by atoms with Gasteiger partial charge in [0.2, 0.25) is 5.95 Å². The van der Waals surface area contributed by atoms with E-state index in [9.17, 15) is 4.39 Å². The fourth-order valence-electron chi connectivity index (χ4n) is 2.54. The summed E-state index contributed by atoms with van der Waals surface area (Å²) in [5.41, 5.74) is 7.07. The Bertz CT molecular complexity index is 593. The van der Waals surface area contributed by atoms with E-state index in [2.05, 4.69) is 19.9 Å². The van der Waals surface area contributed by atoms with Crippen LogP contribution in [0.1, 0.15) is 12.8 Å². The SMILES string of the molecule is NCC1CCN(c2nccc(-c3ccc(F)cn3)n2)CC1. The number of nitrogens with two attached hydrogens (primary N) is 1. The molecule has 0 aromatic carbocycles. The zero-order valence-corrected chi connectivity index (χ0v) is 11.7. The maximum atomic E-state index is 12.9. The zero-order valence-electron chi connectivity index (χ0n) is 11.7. The Morgan fingerprint density at radius 2 is 1.95 bits per heavy atom. The lowest BCUT2D eigenvalue weighted by Crippen LogP contribution is -2.37. The number of anilines is 1. The minimum atomic E-state index is -0.350. The highest BCUT2D eigenvalue weighted by Gasteiger charge is 2.20. The van der Waals surface area contributed by atoms with Gasteiger partial charge in [-0.2, -0.15) is 0 Å². The molecule has 0 atom stereocenters. The number of nitrogens with zero attached hydrogens (tertiary/aromatic N) is 4. The first kappa shape index (κ1) is 13.9. The molecule has 2 N–H and O–H groups in total. The van der Waals surface area contributed by atoms with Gasteiger partial charge in [0.1, 0.15) is 5.82 Å². The summed E-state index contributed by atoms with van der Waals surface area (Å²) in [4.78, 5) is 15.1. The molecule has 0 spiro atoms. The van der Waals surface area contributed by atoms with Gasteiger partial charge in [-0.25, -0.2) is 14.4 Å². The third kappa shape index (κ3) is 3.16. The monoisotopic (exact) mass is 287 g/mol. The van der Waals surface area contributed by atoms with E-state index in [-0.39, 0.29) is 5.82 Å². The van der Waals surface area contributed by atoms with Gasteiger partial charge in [0.15, 0.2) is 0 Å². The van der Waals surface area contributed by atoms with Crippen LogP contribution in [-0.4, -0.2) is 34.6 Å². The molecule has 1 saturated heterocycles. The average Bonchev–Trinajstić information content (AvgIpc) is 2.56. The fraction of sp³-hybridized carbons (Fsp3) is 0.400. The van der Waals surface area contributed by atoms with Crippen molar-refractivity contribution >= 4 is 5.95 Å². The van der Waals surface area contributed by atoms with Gasteiger partial charge in [0.05, 0.1) is 17.6 Å². The number of rotatable bonds is 3. The van der Waals surface area contributed by atoms with Crippen molar-refractivity contribution in [3.05, 3.63) is 36.4 Å². The van der Waals surface area contributed by atoms with Crippen LogP contribution in [0.5, 0.6) is 0 Å². The molecule has 5 nitrogen and oxygen atoms in total. The second kappa shape index (κ2) is 6.13. The quantitative estimate of drug-likeness (QED) is 0.933. The Morgan fingerprint density at radius 1 is 1.14 bits per heavy atom. The molecule has 1 aliphatic heterocycles. The lowest BCUT2D eigenvalue weighted by atomic mass is 9.97. The van der Waals surface area contributed by atoms with Gasteiger partial charge >= 0.3 is 0 Å². The number of hydrogen-bond donors (Lipinski definition) is 1. The summed E-state index contributed by atoms with van der Waals surface area (Å²) < 4.78 is 12.9. The van der Waals surface area contributed by atoms with Crippen molar-refractivity contribution < 1.29 is 4.39 Å². The lowest BCUT2D eigenvalue weighted by molar-refractivity contribution is 0.411. The maximum absolute atomic E-state index is 12.9. The molecule has 21 heavy (non-hydrogen) atoms. The zero-order chi connectivity index (χ0) is 14.7. The number of hydrogen-bond acceptors (Lipinski definition) is 5. The topological polar surface area (TPSA) is 67.9 Å². The maximum Gasteiger partial charge on any atom is 0.225 e. The molecule has 0 radical (unpaired) electrons. The number of aromatic nitrogens is 3. The number of pyridine rings is 1. The van der Waals surface area contributed by atoms with Crippen LogP contribution in [0.25, 0.3) is 11.4 Å². The minimum Gasteiger partial charge on any atom is -0.341 e. The third-order valence-corrected chi connectivity index (χ3v) is 3.86. The van der Waals surface area contributed by atoms with E-state index in [1.54, 1.807) is 18.3 Å². The van der Waals surface area contributed by atoms with E-state index in [0.29, 0.717) is 23.3 Å². The molecule has 0 unspecified atom stereocenters. The minimum absolute atomic E-state index is 0.350. The summed E-state index contributed by atoms with van der Waals surface area (Å²) >= 11 is 0. The van der Waals surface area contributed by atoms with Gasteiger partial charge in [0.25, 0.3) is 0 Å². The molecule has 6 heteroatoms. The molecule has 2 aromatic heterocycles. The van der Waals surface area contributed by atoms with Gasteiger partial charge < -0.3 is 10.6 Å². The van der Waals surface area contributed by atoms with Crippen LogP contribution in [0.2, 0.25) is 0 Å². The first-order valence-electron chi connectivity index (χ1n) is 7.16. The smallest absolute Gasteiger partial charge is 0.225 e. The van der Waals surface area contributed by atoms with E-state index >= 15 is 0 Å². The summed E-state index contributed by atoms with van der Waals surface area (Å²) in [6.07, 6.45) is 5.05. The molecule has 0 saturated carbocycles. The first-order valence-corrected chi connectivity index (χ1v) is 7.16. The normalized spacial score (nSPS) is 16.2. The lowest BCUT2D eigenvalue weighted by Gasteiger charge is -2.31. The Balaban J connectivity index is 1.79. The molecule has 2 aromatic rings. The van der Waals surface area contributed by atoms with Crippen molar-refractivity contribution in [2.75, 3.05) is 24.5 Å². The highest BCUT2D eigenvalue weighted by molar-refractivity contribution is 5.55. The van der Waals surface area contributed by atoms with Crippen LogP contribution in [0, 0.1) is 11.7 Å². The van der Waals surface area contributed by atoms with Crippen molar-refractivity contribution in [3.63, 3.8) is 0 Å². The predicted molar refractivity (Wildman–Crippen MR) is 79.2 cm³/mol. The van der Waals surface area contributed by atoms with Crippen LogP contribution < -0.4 is 10.6 Å². The third-order valence-electron chi connectivity index (χ3n) is 3.86. The molecule has 0 aliphatic carbocycles. The van der Waals surface area contributed by atoms with Crippen LogP contribution in [-0.2, 0) is 0 Å². The van der Waals surface area contributed by atoms with Gasteiger partial charge in [0, 0.05) is 19.3 Å². The van der Waals surface area contributed by atoms with Gasteiger partial charge in [-0.05, 0) is 43.5 Å². The first-order chi connectivity index (χ1) is 10.3. The van der Waals surface area contributed by atoms with E-state index in [0.717, 1.165) is 32.5 Å².